The minimum Gasteiger partial charge on any atom is -0.385 e. The molecule has 0 radical (unpaired) electrons. The molecule has 1 aromatic carbocycles. The number of fused-ring (bicyclic) bond motifs is 2. The third-order valence-electron chi connectivity index (χ3n) is 6.29. The molecule has 126 valence electrons. The fraction of sp³-hybridized carbons (Fsp3) is 0.556. The lowest BCUT2D eigenvalue weighted by atomic mass is 9.84. The monoisotopic (exact) mass is 345 g/mol. The van der Waals surface area contributed by atoms with Crippen molar-refractivity contribution in [1.29, 1.82) is 0 Å². The largest absolute Gasteiger partial charge is 0.385 e. The van der Waals surface area contributed by atoms with Crippen LogP contribution in [0.15, 0.2) is 18.3 Å². The molecule has 1 aromatic heterocycles. The summed E-state index contributed by atoms with van der Waals surface area (Å²) in [4.78, 5) is 12.1. The molecule has 3 aliphatic carbocycles. The second kappa shape index (κ2) is 4.96. The lowest BCUT2D eigenvalue weighted by Crippen LogP contribution is -2.39. The number of hydrogen-bond donors (Lipinski definition) is 3. The van der Waals surface area contributed by atoms with E-state index < -0.39 is 5.60 Å². The van der Waals surface area contributed by atoms with Crippen molar-refractivity contribution < 1.29 is 9.90 Å². The summed E-state index contributed by atoms with van der Waals surface area (Å²) in [6.45, 7) is 0. The van der Waals surface area contributed by atoms with Crippen LogP contribution in [0, 0.1) is 17.8 Å². The van der Waals surface area contributed by atoms with E-state index in [2.05, 4.69) is 15.5 Å². The third kappa shape index (κ3) is 2.11. The second-order valence-corrected chi connectivity index (χ2v) is 8.15. The van der Waals surface area contributed by atoms with Crippen molar-refractivity contribution in [3.8, 4) is 0 Å². The van der Waals surface area contributed by atoms with E-state index in [0.29, 0.717) is 29.7 Å². The molecule has 5 rings (SSSR count). The highest BCUT2D eigenvalue weighted by Gasteiger charge is 2.62. The van der Waals surface area contributed by atoms with E-state index in [1.165, 1.54) is 6.42 Å². The Hall–Kier alpha value is -1.59. The van der Waals surface area contributed by atoms with Gasteiger partial charge in [0.2, 0.25) is 5.91 Å². The maximum Gasteiger partial charge on any atom is 0.223 e. The molecule has 5 nitrogen and oxygen atoms in total. The van der Waals surface area contributed by atoms with Gasteiger partial charge >= 0.3 is 0 Å². The first-order chi connectivity index (χ1) is 11.5. The first kappa shape index (κ1) is 14.7. The lowest BCUT2D eigenvalue weighted by molar-refractivity contribution is -0.127. The molecule has 0 unspecified atom stereocenters. The van der Waals surface area contributed by atoms with E-state index in [0.717, 1.165) is 29.3 Å². The first-order valence-electron chi connectivity index (χ1n) is 8.71. The molecule has 2 aromatic rings. The van der Waals surface area contributed by atoms with Gasteiger partial charge in [0.05, 0.1) is 17.3 Å². The molecule has 0 saturated heterocycles. The number of H-pyrrole nitrogens is 1. The van der Waals surface area contributed by atoms with Gasteiger partial charge in [0.1, 0.15) is 0 Å². The van der Waals surface area contributed by atoms with E-state index in [9.17, 15) is 9.90 Å². The number of benzene rings is 1. The van der Waals surface area contributed by atoms with E-state index in [1.54, 1.807) is 6.20 Å². The normalized spacial score (nSPS) is 34.8. The van der Waals surface area contributed by atoms with Crippen molar-refractivity contribution >= 4 is 28.4 Å². The predicted octanol–water partition coefficient (Wildman–Crippen LogP) is 2.73. The average molecular weight is 346 g/mol. The minimum atomic E-state index is -0.875. The Bertz CT molecular complexity index is 817. The van der Waals surface area contributed by atoms with Crippen LogP contribution in [0.2, 0.25) is 5.02 Å². The summed E-state index contributed by atoms with van der Waals surface area (Å²) in [6, 6.07) is 3.93. The Labute approximate surface area is 144 Å². The maximum atomic E-state index is 12.1. The van der Waals surface area contributed by atoms with Crippen molar-refractivity contribution in [2.75, 3.05) is 0 Å². The standard InChI is InChI=1S/C18H20ClN3O2/c19-10-4-14(13-8-20-22-15(13)5-10)18(24)6-11-12(7-18)16(11)21-17(23)9-2-1-3-9/h4-5,8-9,11-12,16,24H,1-3,6-7H2,(H,20,22)(H,21,23)/t11-,12+,16+,18-. The number of rotatable bonds is 3. The summed E-state index contributed by atoms with van der Waals surface area (Å²) < 4.78 is 0. The minimum absolute atomic E-state index is 0.212. The molecular formula is C18H20ClN3O2. The number of halogens is 1. The summed E-state index contributed by atoms with van der Waals surface area (Å²) in [7, 11) is 0. The fourth-order valence-corrected chi connectivity index (χ4v) is 4.87. The number of hydrogen-bond acceptors (Lipinski definition) is 3. The van der Waals surface area contributed by atoms with Crippen molar-refractivity contribution in [3.63, 3.8) is 0 Å². The average Bonchev–Trinajstić information content (AvgIpc) is 2.89. The molecule has 3 N–H and O–H groups in total. The van der Waals surface area contributed by atoms with Gasteiger partial charge < -0.3 is 10.4 Å². The van der Waals surface area contributed by atoms with Crippen LogP contribution >= 0.6 is 11.6 Å². The predicted molar refractivity (Wildman–Crippen MR) is 90.5 cm³/mol. The zero-order valence-corrected chi connectivity index (χ0v) is 14.0. The van der Waals surface area contributed by atoms with Crippen LogP contribution in [0.4, 0.5) is 0 Å². The summed E-state index contributed by atoms with van der Waals surface area (Å²) in [5.74, 6) is 1.19. The SMILES string of the molecule is O=C(N[C@H]1[C@@H]2C[C@](O)(c3cc(Cl)cc4[nH]ncc34)C[C@@H]21)C1CCC1. The van der Waals surface area contributed by atoms with Gasteiger partial charge in [-0.15, -0.1) is 0 Å². The molecule has 0 spiro atoms. The van der Waals surface area contributed by atoms with Crippen molar-refractivity contribution in [1.82, 2.24) is 15.5 Å². The van der Waals surface area contributed by atoms with Crippen LogP contribution in [-0.2, 0) is 10.4 Å². The molecule has 6 heteroatoms. The zero-order valence-electron chi connectivity index (χ0n) is 13.3. The molecule has 3 aliphatic rings. The molecular weight excluding hydrogens is 326 g/mol. The number of aromatic nitrogens is 2. The van der Waals surface area contributed by atoms with Crippen molar-refractivity contribution in [2.24, 2.45) is 17.8 Å². The maximum absolute atomic E-state index is 12.1. The molecule has 0 bridgehead atoms. The molecule has 1 heterocycles. The van der Waals surface area contributed by atoms with Crippen molar-refractivity contribution in [3.05, 3.63) is 28.9 Å². The molecule has 3 fully saturated rings. The number of amides is 1. The van der Waals surface area contributed by atoms with Gasteiger partial charge in [-0.1, -0.05) is 18.0 Å². The smallest absolute Gasteiger partial charge is 0.223 e. The molecule has 3 saturated carbocycles. The lowest BCUT2D eigenvalue weighted by Gasteiger charge is -2.29. The topological polar surface area (TPSA) is 78.0 Å². The third-order valence-corrected chi connectivity index (χ3v) is 6.51. The van der Waals surface area contributed by atoms with Gasteiger partial charge in [0.15, 0.2) is 0 Å². The van der Waals surface area contributed by atoms with E-state index in [-0.39, 0.29) is 17.9 Å². The van der Waals surface area contributed by atoms with Gasteiger partial charge in [-0.05, 0) is 55.2 Å². The second-order valence-electron chi connectivity index (χ2n) is 7.71. The zero-order chi connectivity index (χ0) is 16.5. The van der Waals surface area contributed by atoms with Crippen LogP contribution in [0.25, 0.3) is 10.9 Å². The fourth-order valence-electron chi connectivity index (χ4n) is 4.65. The molecule has 1 amide bonds. The summed E-state index contributed by atoms with van der Waals surface area (Å²) in [5.41, 5.74) is 0.830. The van der Waals surface area contributed by atoms with Gasteiger partial charge in [-0.2, -0.15) is 5.10 Å². The van der Waals surface area contributed by atoms with Crippen LogP contribution in [0.3, 0.4) is 0 Å². The molecule has 0 aliphatic heterocycles. The van der Waals surface area contributed by atoms with Crippen LogP contribution in [0.1, 0.15) is 37.7 Å². The summed E-state index contributed by atoms with van der Waals surface area (Å²) in [6.07, 6.45) is 6.32. The number of carbonyl (C=O) groups is 1. The Kier molecular flexibility index (Phi) is 3.04. The van der Waals surface area contributed by atoms with Gasteiger partial charge in [0.25, 0.3) is 0 Å². The highest BCUT2D eigenvalue weighted by atomic mass is 35.5. The van der Waals surface area contributed by atoms with Crippen LogP contribution in [-0.4, -0.2) is 27.3 Å². The number of nitrogens with zero attached hydrogens (tertiary/aromatic N) is 1. The number of aliphatic hydroxyl groups is 1. The van der Waals surface area contributed by atoms with Crippen LogP contribution in [0.5, 0.6) is 0 Å². The number of aromatic amines is 1. The molecule has 4 atom stereocenters. The molecule has 24 heavy (non-hydrogen) atoms. The van der Waals surface area contributed by atoms with Gasteiger partial charge in [-0.25, -0.2) is 0 Å². The van der Waals surface area contributed by atoms with E-state index >= 15 is 0 Å². The Morgan fingerprint density at radius 1 is 1.33 bits per heavy atom. The van der Waals surface area contributed by atoms with E-state index in [4.69, 9.17) is 11.6 Å². The Morgan fingerprint density at radius 2 is 2.08 bits per heavy atom. The highest BCUT2D eigenvalue weighted by Crippen LogP contribution is 2.60. The summed E-state index contributed by atoms with van der Waals surface area (Å²) in [5, 5.41) is 22.9. The summed E-state index contributed by atoms with van der Waals surface area (Å²) >= 11 is 6.21. The Balaban J connectivity index is 1.34. The van der Waals surface area contributed by atoms with Gasteiger partial charge in [0, 0.05) is 22.4 Å². The van der Waals surface area contributed by atoms with E-state index in [1.807, 2.05) is 12.1 Å². The van der Waals surface area contributed by atoms with Crippen molar-refractivity contribution in [2.45, 2.75) is 43.7 Å². The number of nitrogens with one attached hydrogen (secondary N) is 2. The quantitative estimate of drug-likeness (QED) is 0.800. The Morgan fingerprint density at radius 3 is 2.75 bits per heavy atom. The number of carbonyl (C=O) groups excluding carboxylic acids is 1. The first-order valence-corrected chi connectivity index (χ1v) is 9.09. The van der Waals surface area contributed by atoms with Gasteiger partial charge in [-0.3, -0.25) is 9.89 Å². The van der Waals surface area contributed by atoms with Crippen LogP contribution < -0.4 is 5.32 Å². The highest BCUT2D eigenvalue weighted by molar-refractivity contribution is 6.31.